The van der Waals surface area contributed by atoms with Crippen LogP contribution in [0.3, 0.4) is 0 Å². The molecule has 26 heavy (non-hydrogen) atoms. The molecule has 0 aliphatic carbocycles. The predicted molar refractivity (Wildman–Crippen MR) is 107 cm³/mol. The normalized spacial score (nSPS) is 11.0. The Balaban J connectivity index is 1.97. The molecule has 0 saturated carbocycles. The second-order valence-electron chi connectivity index (χ2n) is 5.47. The Morgan fingerprint density at radius 1 is 0.769 bits per heavy atom. The van der Waals surface area contributed by atoms with Gasteiger partial charge in [0.05, 0.1) is 10.0 Å². The van der Waals surface area contributed by atoms with Gasteiger partial charge >= 0.3 is 7.75 Å². The van der Waals surface area contributed by atoms with Crippen LogP contribution in [-0.2, 0) is 4.57 Å². The second kappa shape index (κ2) is 8.05. The molecule has 7 heteroatoms. The molecule has 0 spiro atoms. The molecule has 0 bridgehead atoms. The number of rotatable bonds is 6. The van der Waals surface area contributed by atoms with Gasteiger partial charge in [0, 0.05) is 5.69 Å². The number of anilines is 1. The molecule has 0 saturated heterocycles. The van der Waals surface area contributed by atoms with E-state index in [-0.39, 0.29) is 11.5 Å². The van der Waals surface area contributed by atoms with E-state index in [1.165, 1.54) is 0 Å². The van der Waals surface area contributed by atoms with E-state index in [1.807, 2.05) is 25.1 Å². The summed E-state index contributed by atoms with van der Waals surface area (Å²) in [6.45, 7) is 1.89. The number of hydrogen-bond donors (Lipinski definition) is 1. The van der Waals surface area contributed by atoms with Crippen molar-refractivity contribution in [2.75, 3.05) is 5.09 Å². The molecule has 0 heterocycles. The van der Waals surface area contributed by atoms with Crippen molar-refractivity contribution in [2.24, 2.45) is 0 Å². The molecule has 1 N–H and O–H groups in total. The first kappa shape index (κ1) is 18.7. The van der Waals surface area contributed by atoms with E-state index < -0.39 is 7.75 Å². The second-order valence-corrected chi connectivity index (χ2v) is 7.87. The van der Waals surface area contributed by atoms with E-state index in [4.69, 9.17) is 32.2 Å². The Morgan fingerprint density at radius 3 is 1.73 bits per heavy atom. The number of nitrogens with one attached hydrogen (secondary N) is 1. The smallest absolute Gasteiger partial charge is 0.399 e. The summed E-state index contributed by atoms with van der Waals surface area (Å²) in [6, 6.07) is 20.9. The van der Waals surface area contributed by atoms with Crippen molar-refractivity contribution in [3.8, 4) is 11.5 Å². The molecule has 0 atom stereocenters. The van der Waals surface area contributed by atoms with E-state index in [1.54, 1.807) is 54.6 Å². The van der Waals surface area contributed by atoms with Gasteiger partial charge < -0.3 is 9.05 Å². The molecule has 0 aliphatic rings. The van der Waals surface area contributed by atoms with E-state index in [9.17, 15) is 4.57 Å². The van der Waals surface area contributed by atoms with Crippen molar-refractivity contribution in [1.82, 2.24) is 0 Å². The Kier molecular flexibility index (Phi) is 5.77. The molecule has 134 valence electrons. The molecule has 0 amide bonds. The van der Waals surface area contributed by atoms with Crippen LogP contribution in [0.1, 0.15) is 5.56 Å². The third-order valence-electron chi connectivity index (χ3n) is 3.51. The molecule has 0 radical (unpaired) electrons. The van der Waals surface area contributed by atoms with Crippen molar-refractivity contribution >= 4 is 36.6 Å². The standard InChI is InChI=1S/C19H16Cl2NO3P/c1-14-8-2-5-11-17(14)22-26(23,24-18-12-6-3-9-15(18)20)25-19-13-7-4-10-16(19)21/h2-13H,1H3,(H,22,23). The quantitative estimate of drug-likeness (QED) is 0.447. The van der Waals surface area contributed by atoms with E-state index in [0.717, 1.165) is 5.56 Å². The maximum atomic E-state index is 13.5. The number of aryl methyl sites for hydroxylation is 1. The molecule has 0 unspecified atom stereocenters. The van der Waals surface area contributed by atoms with Gasteiger partial charge in [-0.3, -0.25) is 5.09 Å². The highest BCUT2D eigenvalue weighted by Crippen LogP contribution is 2.51. The minimum Gasteiger partial charge on any atom is -0.399 e. The van der Waals surface area contributed by atoms with Crippen molar-refractivity contribution in [1.29, 1.82) is 0 Å². The van der Waals surface area contributed by atoms with Crippen LogP contribution in [-0.4, -0.2) is 0 Å². The van der Waals surface area contributed by atoms with Gasteiger partial charge in [0.25, 0.3) is 0 Å². The van der Waals surface area contributed by atoms with Gasteiger partial charge in [-0.25, -0.2) is 4.57 Å². The molecule has 3 rings (SSSR count). The zero-order chi connectivity index (χ0) is 18.6. The van der Waals surface area contributed by atoms with Gasteiger partial charge in [-0.2, -0.15) is 0 Å². The van der Waals surface area contributed by atoms with Crippen molar-refractivity contribution in [3.63, 3.8) is 0 Å². The van der Waals surface area contributed by atoms with Gasteiger partial charge in [0.2, 0.25) is 0 Å². The summed E-state index contributed by atoms with van der Waals surface area (Å²) in [5.41, 5.74) is 1.51. The number of para-hydroxylation sites is 3. The van der Waals surface area contributed by atoms with E-state index in [0.29, 0.717) is 15.7 Å². The third kappa shape index (κ3) is 4.53. The summed E-state index contributed by atoms with van der Waals surface area (Å²) < 4.78 is 24.9. The zero-order valence-corrected chi connectivity index (χ0v) is 16.3. The van der Waals surface area contributed by atoms with Crippen LogP contribution >= 0.6 is 30.9 Å². The fourth-order valence-electron chi connectivity index (χ4n) is 2.21. The van der Waals surface area contributed by atoms with Gasteiger partial charge in [-0.1, -0.05) is 65.7 Å². The molecular weight excluding hydrogens is 392 g/mol. The predicted octanol–water partition coefficient (Wildman–Crippen LogP) is 6.98. The zero-order valence-electron chi connectivity index (χ0n) is 13.9. The average Bonchev–Trinajstić information content (AvgIpc) is 2.61. The van der Waals surface area contributed by atoms with Crippen LogP contribution in [0.4, 0.5) is 5.69 Å². The monoisotopic (exact) mass is 407 g/mol. The molecular formula is C19H16Cl2NO3P. The summed E-state index contributed by atoms with van der Waals surface area (Å²) in [7, 11) is -3.88. The highest BCUT2D eigenvalue weighted by atomic mass is 35.5. The van der Waals surface area contributed by atoms with Gasteiger partial charge in [0.1, 0.15) is 0 Å². The van der Waals surface area contributed by atoms with Crippen LogP contribution in [0, 0.1) is 6.92 Å². The highest BCUT2D eigenvalue weighted by Gasteiger charge is 2.31. The maximum Gasteiger partial charge on any atom is 0.541 e. The maximum absolute atomic E-state index is 13.5. The fraction of sp³-hybridized carbons (Fsp3) is 0.0526. The van der Waals surface area contributed by atoms with Crippen LogP contribution in [0.15, 0.2) is 72.8 Å². The Bertz CT molecular complexity index is 842. The van der Waals surface area contributed by atoms with Crippen molar-refractivity contribution in [3.05, 3.63) is 88.4 Å². The summed E-state index contributed by atoms with van der Waals surface area (Å²) in [5, 5.41) is 3.51. The van der Waals surface area contributed by atoms with Crippen LogP contribution in [0.2, 0.25) is 10.0 Å². The van der Waals surface area contributed by atoms with Crippen molar-refractivity contribution in [2.45, 2.75) is 6.92 Å². The minimum absolute atomic E-state index is 0.241. The largest absolute Gasteiger partial charge is 0.541 e. The van der Waals surface area contributed by atoms with Crippen LogP contribution < -0.4 is 14.1 Å². The number of benzene rings is 3. The lowest BCUT2D eigenvalue weighted by Crippen LogP contribution is -2.11. The SMILES string of the molecule is Cc1ccccc1NP(=O)(Oc1ccccc1Cl)Oc1ccccc1Cl. The van der Waals surface area contributed by atoms with E-state index >= 15 is 0 Å². The fourth-order valence-corrected chi connectivity index (χ4v) is 4.17. The molecule has 0 fully saturated rings. The Morgan fingerprint density at radius 2 is 1.23 bits per heavy atom. The van der Waals surface area contributed by atoms with Crippen molar-refractivity contribution < 1.29 is 13.6 Å². The highest BCUT2D eigenvalue weighted by molar-refractivity contribution is 7.56. The lowest BCUT2D eigenvalue weighted by Gasteiger charge is -2.22. The summed E-state index contributed by atoms with van der Waals surface area (Å²) >= 11 is 12.3. The lowest BCUT2D eigenvalue weighted by atomic mass is 10.2. The third-order valence-corrected chi connectivity index (χ3v) is 5.53. The summed E-state index contributed by atoms with van der Waals surface area (Å²) in [4.78, 5) is 0. The molecule has 3 aromatic carbocycles. The van der Waals surface area contributed by atoms with Gasteiger partial charge in [-0.05, 0) is 42.8 Å². The molecule has 0 aliphatic heterocycles. The first-order chi connectivity index (χ1) is 12.5. The summed E-state index contributed by atoms with van der Waals surface area (Å²) in [5.74, 6) is 0.483. The first-order valence-corrected chi connectivity index (χ1v) is 10.1. The van der Waals surface area contributed by atoms with E-state index in [2.05, 4.69) is 5.09 Å². The molecule has 3 aromatic rings. The van der Waals surface area contributed by atoms with Gasteiger partial charge in [0.15, 0.2) is 11.5 Å². The number of hydrogen-bond acceptors (Lipinski definition) is 3. The first-order valence-electron chi connectivity index (χ1n) is 7.79. The minimum atomic E-state index is -3.88. The Labute approximate surface area is 162 Å². The topological polar surface area (TPSA) is 47.6 Å². The Hall–Kier alpha value is -2.13. The average molecular weight is 408 g/mol. The lowest BCUT2D eigenvalue weighted by molar-refractivity contribution is 0.393. The van der Waals surface area contributed by atoms with Crippen LogP contribution in [0.25, 0.3) is 0 Å². The summed E-state index contributed by atoms with van der Waals surface area (Å²) in [6.07, 6.45) is 0. The van der Waals surface area contributed by atoms with Gasteiger partial charge in [-0.15, -0.1) is 0 Å². The van der Waals surface area contributed by atoms with Crippen LogP contribution in [0.5, 0.6) is 11.5 Å². The molecule has 0 aromatic heterocycles. The number of halogens is 2. The molecule has 4 nitrogen and oxygen atoms in total.